The summed E-state index contributed by atoms with van der Waals surface area (Å²) < 4.78 is 10.9. The van der Waals surface area contributed by atoms with Crippen LogP contribution < -0.4 is 9.47 Å². The molecule has 39 heavy (non-hydrogen) atoms. The topological polar surface area (TPSA) is 74.9 Å². The molecule has 0 aliphatic heterocycles. The number of hydrogen-bond donors (Lipinski definition) is 1. The van der Waals surface area contributed by atoms with Gasteiger partial charge in [0.1, 0.15) is 18.0 Å². The molecular weight excluding hydrogens is 490 g/mol. The number of amides is 2. The van der Waals surface area contributed by atoms with Crippen LogP contribution in [-0.2, 0) is 17.8 Å². The summed E-state index contributed by atoms with van der Waals surface area (Å²) in [4.78, 5) is 33.9. The number of aromatic nitrogens is 1. The molecular formula is C32H37N3O4. The molecule has 3 aromatic carbocycles. The highest BCUT2D eigenvalue weighted by molar-refractivity contribution is 5.97. The van der Waals surface area contributed by atoms with Gasteiger partial charge in [-0.15, -0.1) is 0 Å². The van der Waals surface area contributed by atoms with Crippen molar-refractivity contribution in [1.29, 1.82) is 0 Å². The van der Waals surface area contributed by atoms with Gasteiger partial charge in [-0.25, -0.2) is 0 Å². The van der Waals surface area contributed by atoms with E-state index in [0.29, 0.717) is 44.0 Å². The summed E-state index contributed by atoms with van der Waals surface area (Å²) in [6, 6.07) is 23.1. The fourth-order valence-electron chi connectivity index (χ4n) is 4.69. The number of fused-ring (bicyclic) bond motifs is 1. The molecule has 0 radical (unpaired) electrons. The lowest BCUT2D eigenvalue weighted by Gasteiger charge is -2.28. The van der Waals surface area contributed by atoms with E-state index in [4.69, 9.17) is 9.47 Å². The van der Waals surface area contributed by atoms with Crippen molar-refractivity contribution in [3.8, 4) is 11.5 Å². The minimum Gasteiger partial charge on any atom is -0.497 e. The van der Waals surface area contributed by atoms with Crippen LogP contribution in [0.2, 0.25) is 0 Å². The minimum atomic E-state index is -0.179. The van der Waals surface area contributed by atoms with Crippen LogP contribution in [0.5, 0.6) is 11.5 Å². The number of benzene rings is 3. The number of nitrogens with one attached hydrogen (secondary N) is 1. The number of para-hydroxylation sites is 1. The largest absolute Gasteiger partial charge is 0.497 e. The standard InChI is InChI=1S/C32H37N3O4/c1-4-18-35(32(37)25-9-8-10-28(20-25)38-3)23-31(36)34(22-24-13-15-27(16-14-24)39-5-2)19-17-26-21-33-30-12-7-6-11-29(26)30/h6-16,20-21,33H,4-5,17-19,22-23H2,1-3H3. The first-order valence-corrected chi connectivity index (χ1v) is 13.5. The Balaban J connectivity index is 1.54. The average molecular weight is 528 g/mol. The summed E-state index contributed by atoms with van der Waals surface area (Å²) in [7, 11) is 1.57. The first-order chi connectivity index (χ1) is 19.0. The van der Waals surface area contributed by atoms with Crippen molar-refractivity contribution in [3.63, 3.8) is 0 Å². The molecule has 0 spiro atoms. The van der Waals surface area contributed by atoms with Crippen LogP contribution in [0.25, 0.3) is 10.9 Å². The second-order valence-corrected chi connectivity index (χ2v) is 9.46. The van der Waals surface area contributed by atoms with Crippen LogP contribution in [0.4, 0.5) is 0 Å². The molecule has 0 aliphatic carbocycles. The first-order valence-electron chi connectivity index (χ1n) is 13.5. The molecule has 4 rings (SSSR count). The molecule has 204 valence electrons. The van der Waals surface area contributed by atoms with Gasteiger partial charge < -0.3 is 24.3 Å². The number of aromatic amines is 1. The monoisotopic (exact) mass is 527 g/mol. The smallest absolute Gasteiger partial charge is 0.254 e. The van der Waals surface area contributed by atoms with Gasteiger partial charge in [0.25, 0.3) is 5.91 Å². The zero-order chi connectivity index (χ0) is 27.6. The van der Waals surface area contributed by atoms with Crippen LogP contribution >= 0.6 is 0 Å². The van der Waals surface area contributed by atoms with Gasteiger partial charge in [0, 0.05) is 42.3 Å². The molecule has 0 bridgehead atoms. The van der Waals surface area contributed by atoms with Gasteiger partial charge >= 0.3 is 0 Å². The number of methoxy groups -OCH3 is 1. The summed E-state index contributed by atoms with van der Waals surface area (Å²) in [5.74, 6) is 1.14. The molecule has 1 heterocycles. The van der Waals surface area contributed by atoms with Crippen molar-refractivity contribution in [2.24, 2.45) is 0 Å². The second kappa shape index (κ2) is 13.5. The van der Waals surface area contributed by atoms with Gasteiger partial charge in [-0.05, 0) is 67.3 Å². The Morgan fingerprint density at radius 3 is 2.41 bits per heavy atom. The fourth-order valence-corrected chi connectivity index (χ4v) is 4.69. The first kappa shape index (κ1) is 27.8. The predicted octanol–water partition coefficient (Wildman–Crippen LogP) is 5.70. The normalized spacial score (nSPS) is 10.8. The summed E-state index contributed by atoms with van der Waals surface area (Å²) in [6.07, 6.45) is 3.46. The Morgan fingerprint density at radius 1 is 0.872 bits per heavy atom. The maximum atomic E-state index is 13.8. The van der Waals surface area contributed by atoms with Crippen LogP contribution in [0.1, 0.15) is 41.8 Å². The average Bonchev–Trinajstić information content (AvgIpc) is 3.38. The molecule has 7 heteroatoms. The highest BCUT2D eigenvalue weighted by Gasteiger charge is 2.23. The summed E-state index contributed by atoms with van der Waals surface area (Å²) in [6.45, 7) is 6.03. The lowest BCUT2D eigenvalue weighted by Crippen LogP contribution is -2.43. The fraction of sp³-hybridized carbons (Fsp3) is 0.312. The van der Waals surface area contributed by atoms with Gasteiger partial charge in [-0.3, -0.25) is 9.59 Å². The number of H-pyrrole nitrogens is 1. The number of rotatable bonds is 13. The molecule has 0 atom stereocenters. The molecule has 1 N–H and O–H groups in total. The van der Waals surface area contributed by atoms with Gasteiger partial charge in [0.15, 0.2) is 0 Å². The highest BCUT2D eigenvalue weighted by Crippen LogP contribution is 2.20. The third-order valence-electron chi connectivity index (χ3n) is 6.71. The Morgan fingerprint density at radius 2 is 1.67 bits per heavy atom. The van der Waals surface area contributed by atoms with Crippen molar-refractivity contribution < 1.29 is 19.1 Å². The van der Waals surface area contributed by atoms with Crippen LogP contribution in [0.3, 0.4) is 0 Å². The number of hydrogen-bond acceptors (Lipinski definition) is 4. The van der Waals surface area contributed by atoms with Crippen molar-refractivity contribution in [1.82, 2.24) is 14.8 Å². The van der Waals surface area contributed by atoms with Gasteiger partial charge in [0.2, 0.25) is 5.91 Å². The quantitative estimate of drug-likeness (QED) is 0.242. The summed E-state index contributed by atoms with van der Waals surface area (Å²) >= 11 is 0. The van der Waals surface area contributed by atoms with Crippen molar-refractivity contribution in [3.05, 3.63) is 95.7 Å². The number of ether oxygens (including phenoxy) is 2. The van der Waals surface area contributed by atoms with E-state index < -0.39 is 0 Å². The lowest BCUT2D eigenvalue weighted by atomic mass is 10.1. The van der Waals surface area contributed by atoms with E-state index in [1.165, 1.54) is 0 Å². The van der Waals surface area contributed by atoms with Crippen molar-refractivity contribution >= 4 is 22.7 Å². The number of carbonyl (C=O) groups is 2. The molecule has 1 aromatic heterocycles. The Hall–Kier alpha value is -4.26. The van der Waals surface area contributed by atoms with Crippen molar-refractivity contribution in [2.75, 3.05) is 33.4 Å². The Kier molecular flexibility index (Phi) is 9.62. The van der Waals surface area contributed by atoms with E-state index >= 15 is 0 Å². The summed E-state index contributed by atoms with van der Waals surface area (Å²) in [5, 5.41) is 1.16. The third kappa shape index (κ3) is 7.19. The number of carbonyl (C=O) groups excluding carboxylic acids is 2. The minimum absolute atomic E-state index is 0.00873. The Labute approximate surface area is 230 Å². The van der Waals surface area contributed by atoms with E-state index in [9.17, 15) is 9.59 Å². The Bertz CT molecular complexity index is 1380. The lowest BCUT2D eigenvalue weighted by molar-refractivity contribution is -0.132. The number of nitrogens with zero attached hydrogens (tertiary/aromatic N) is 2. The predicted molar refractivity (Wildman–Crippen MR) is 154 cm³/mol. The zero-order valence-corrected chi connectivity index (χ0v) is 23.0. The van der Waals surface area contributed by atoms with Crippen LogP contribution in [-0.4, -0.2) is 59.9 Å². The molecule has 0 aliphatic rings. The van der Waals surface area contributed by atoms with Gasteiger partial charge in [-0.1, -0.05) is 43.3 Å². The second-order valence-electron chi connectivity index (χ2n) is 9.46. The van der Waals surface area contributed by atoms with E-state index in [1.54, 1.807) is 36.3 Å². The van der Waals surface area contributed by atoms with E-state index in [1.807, 2.05) is 61.3 Å². The van der Waals surface area contributed by atoms with Crippen LogP contribution in [0.15, 0.2) is 79.0 Å². The molecule has 4 aromatic rings. The van der Waals surface area contributed by atoms with E-state index in [2.05, 4.69) is 17.1 Å². The maximum absolute atomic E-state index is 13.8. The maximum Gasteiger partial charge on any atom is 0.254 e. The van der Waals surface area contributed by atoms with E-state index in [0.717, 1.165) is 34.2 Å². The van der Waals surface area contributed by atoms with E-state index in [-0.39, 0.29) is 18.4 Å². The SMILES string of the molecule is CCCN(CC(=O)N(CCc1c[nH]c2ccccc12)Cc1ccc(OCC)cc1)C(=O)c1cccc(OC)c1. The molecule has 0 saturated heterocycles. The van der Waals surface area contributed by atoms with Gasteiger partial charge in [-0.2, -0.15) is 0 Å². The van der Waals surface area contributed by atoms with Crippen molar-refractivity contribution in [2.45, 2.75) is 33.2 Å². The molecule has 0 unspecified atom stereocenters. The van der Waals surface area contributed by atoms with Crippen LogP contribution in [0, 0.1) is 0 Å². The third-order valence-corrected chi connectivity index (χ3v) is 6.71. The molecule has 0 saturated carbocycles. The summed E-state index contributed by atoms with van der Waals surface area (Å²) in [5.41, 5.74) is 3.75. The van der Waals surface area contributed by atoms with Gasteiger partial charge in [0.05, 0.1) is 13.7 Å². The molecule has 0 fully saturated rings. The molecule has 7 nitrogen and oxygen atoms in total. The highest BCUT2D eigenvalue weighted by atomic mass is 16.5. The zero-order valence-electron chi connectivity index (χ0n) is 23.0. The molecule has 2 amide bonds.